The van der Waals surface area contributed by atoms with E-state index in [-0.39, 0.29) is 29.4 Å². The van der Waals surface area contributed by atoms with E-state index in [9.17, 15) is 0 Å². The van der Waals surface area contributed by atoms with Gasteiger partial charge in [-0.15, -0.1) is 0 Å². The molecule has 0 spiro atoms. The summed E-state index contributed by atoms with van der Waals surface area (Å²) in [6.45, 7) is 22.0. The molecule has 3 aromatic carbocycles. The number of aromatic nitrogens is 6. The maximum atomic E-state index is 5.42. The van der Waals surface area contributed by atoms with Crippen LogP contribution in [0, 0.1) is 20.8 Å². The van der Waals surface area contributed by atoms with Crippen molar-refractivity contribution >= 4 is 20.2 Å². The zero-order valence-electron chi connectivity index (χ0n) is 30.7. The summed E-state index contributed by atoms with van der Waals surface area (Å²) in [5.41, 5.74) is 8.82. The van der Waals surface area contributed by atoms with E-state index in [0.717, 1.165) is 34.2 Å². The third-order valence-corrected chi connectivity index (χ3v) is 10.3. The van der Waals surface area contributed by atoms with Gasteiger partial charge in [-0.2, -0.15) is 15.3 Å². The van der Waals surface area contributed by atoms with Crippen molar-refractivity contribution in [2.75, 3.05) is 0 Å². The molecule has 6 nitrogen and oxygen atoms in total. The minimum atomic E-state index is -0.931. The molecular weight excluding hydrogens is 702 g/mol. The van der Waals surface area contributed by atoms with Gasteiger partial charge in [-0.05, 0) is 55.7 Å². The van der Waals surface area contributed by atoms with Gasteiger partial charge in [0.2, 0.25) is 5.79 Å². The van der Waals surface area contributed by atoms with Crippen LogP contribution in [0.1, 0.15) is 99.3 Å². The Balaban J connectivity index is 0.00000156. The molecule has 0 radical (unpaired) electrons. The molecule has 0 atom stereocenters. The Bertz CT molecular complexity index is 1790. The van der Waals surface area contributed by atoms with Gasteiger partial charge in [0.1, 0.15) is 0 Å². The van der Waals surface area contributed by atoms with Gasteiger partial charge in [-0.3, -0.25) is 0 Å². The number of nitrogens with zero attached hydrogens (tertiary/aromatic N) is 6. The summed E-state index contributed by atoms with van der Waals surface area (Å²) in [4.78, 5) is 0. The van der Waals surface area contributed by atoms with E-state index in [0.29, 0.717) is 0 Å². The molecule has 3 heterocycles. The zero-order chi connectivity index (χ0) is 36.5. The molecule has 6 aromatic rings. The molecule has 0 unspecified atom stereocenters. The van der Waals surface area contributed by atoms with Gasteiger partial charge in [0, 0.05) is 40.3 Å². The molecule has 6 rings (SSSR count). The molecule has 3 aromatic heterocycles. The van der Waals surface area contributed by atoms with Crippen LogP contribution in [0.2, 0.25) is 0 Å². The molecule has 9 heteroatoms. The van der Waals surface area contributed by atoms with E-state index >= 15 is 0 Å². The number of halogens is 2. The molecule has 263 valence electrons. The van der Waals surface area contributed by atoms with Crippen LogP contribution in [0.4, 0.5) is 0 Å². The summed E-state index contributed by atoms with van der Waals surface area (Å²) in [5, 5.41) is 16.3. The van der Waals surface area contributed by atoms with E-state index in [1.54, 1.807) is 0 Å². The van der Waals surface area contributed by atoms with Gasteiger partial charge in [0.05, 0.1) is 17.1 Å². The first-order valence-electron chi connectivity index (χ1n) is 16.9. The quantitative estimate of drug-likeness (QED) is 0.138. The van der Waals surface area contributed by atoms with Crippen LogP contribution in [0.15, 0.2) is 109 Å². The van der Waals surface area contributed by atoms with Crippen LogP contribution in [-0.4, -0.2) is 29.3 Å². The second kappa shape index (κ2) is 14.6. The number of hydrogen-bond acceptors (Lipinski definition) is 3. The second-order valence-electron chi connectivity index (χ2n) is 14.7. The van der Waals surface area contributed by atoms with Crippen molar-refractivity contribution in [1.29, 1.82) is 0 Å². The SMILES string of the molecule is Cc1cc(C(C)(C)c2ccccc2)nn1C(C)(n1nc(C(C)(C)c2ccccc2)cc1C)n1nc(C(C)(C)c2ccccc2)cc1C.[Cl][Mn][Cl]. The Labute approximate surface area is 312 Å². The number of aryl methyl sites for hydroxylation is 3. The van der Waals surface area contributed by atoms with Crippen LogP contribution >= 0.6 is 20.2 Å². The molecule has 0 aliphatic heterocycles. The predicted octanol–water partition coefficient (Wildman–Crippen LogP) is 10.3. The Hall–Kier alpha value is -3.61. The third kappa shape index (κ3) is 6.86. The van der Waals surface area contributed by atoms with E-state index < -0.39 is 5.79 Å². The van der Waals surface area contributed by atoms with Crippen molar-refractivity contribution in [3.8, 4) is 0 Å². The average Bonchev–Trinajstić information content (AvgIpc) is 3.83. The number of hydrogen-bond donors (Lipinski definition) is 0. The second-order valence-corrected chi connectivity index (χ2v) is 16.7. The van der Waals surface area contributed by atoms with Crippen molar-refractivity contribution in [2.45, 2.75) is 91.3 Å². The van der Waals surface area contributed by atoms with Gasteiger partial charge in [-0.25, -0.2) is 14.0 Å². The molecule has 0 amide bonds. The Morgan fingerprint density at radius 1 is 0.440 bits per heavy atom. The summed E-state index contributed by atoms with van der Waals surface area (Å²) in [7, 11) is 9.59. The fourth-order valence-electron chi connectivity index (χ4n) is 6.90. The van der Waals surface area contributed by atoms with E-state index in [4.69, 9.17) is 35.5 Å². The van der Waals surface area contributed by atoms with E-state index in [1.165, 1.54) is 16.7 Å². The molecule has 0 fully saturated rings. The molecular formula is C41H48Cl2MnN6. The normalized spacial score (nSPS) is 12.5. The molecule has 0 N–H and O–H groups in total. The predicted molar refractivity (Wildman–Crippen MR) is 203 cm³/mol. The summed E-state index contributed by atoms with van der Waals surface area (Å²) in [6.07, 6.45) is 0. The standard InChI is InChI=1S/C41H48N6.2ClH.Mn/c1-29-26-35(38(4,5)32-20-14-11-15-21-32)42-45(29)41(10,46-30(2)27-36(43-46)39(6,7)33-22-16-12-17-23-33)47-31(3)28-37(44-47)40(8,9)34-24-18-13-19-25-34;;;/h11-28H,1-10H3;2*1H;/q;;;+2/p-2. The van der Waals surface area contributed by atoms with Crippen molar-refractivity contribution in [3.63, 3.8) is 0 Å². The Morgan fingerprint density at radius 3 is 0.880 bits per heavy atom. The van der Waals surface area contributed by atoms with Crippen molar-refractivity contribution in [3.05, 3.63) is 160 Å². The van der Waals surface area contributed by atoms with Crippen molar-refractivity contribution < 1.29 is 13.1 Å². The molecule has 0 aliphatic carbocycles. The first-order valence-corrected chi connectivity index (χ1v) is 20.1. The van der Waals surface area contributed by atoms with E-state index in [2.05, 4.69) is 192 Å². The zero-order valence-corrected chi connectivity index (χ0v) is 33.4. The summed E-state index contributed by atoms with van der Waals surface area (Å²) in [6, 6.07) is 38.5. The van der Waals surface area contributed by atoms with Crippen LogP contribution in [-0.2, 0) is 35.2 Å². The van der Waals surface area contributed by atoms with Gasteiger partial charge in [0.25, 0.3) is 0 Å². The molecule has 0 saturated heterocycles. The van der Waals surface area contributed by atoms with Crippen LogP contribution in [0.5, 0.6) is 0 Å². The molecule has 0 aliphatic rings. The van der Waals surface area contributed by atoms with Crippen LogP contribution in [0.25, 0.3) is 0 Å². The first kappa shape index (κ1) is 37.6. The van der Waals surface area contributed by atoms with Gasteiger partial charge in [-0.1, -0.05) is 133 Å². The monoisotopic (exact) mass is 749 g/mol. The van der Waals surface area contributed by atoms with Crippen molar-refractivity contribution in [1.82, 2.24) is 29.3 Å². The van der Waals surface area contributed by atoms with Crippen LogP contribution in [0.3, 0.4) is 0 Å². The van der Waals surface area contributed by atoms with Crippen LogP contribution < -0.4 is 0 Å². The summed E-state index contributed by atoms with van der Waals surface area (Å²) >= 11 is 0.00694. The van der Waals surface area contributed by atoms with E-state index in [1.807, 2.05) is 0 Å². The van der Waals surface area contributed by atoms with Gasteiger partial charge in [0.15, 0.2) is 0 Å². The van der Waals surface area contributed by atoms with Crippen molar-refractivity contribution in [2.24, 2.45) is 0 Å². The number of rotatable bonds is 9. The molecule has 0 saturated carbocycles. The maximum absolute atomic E-state index is 5.42. The average molecular weight is 751 g/mol. The van der Waals surface area contributed by atoms with Gasteiger partial charge >= 0.3 is 33.3 Å². The van der Waals surface area contributed by atoms with Gasteiger partial charge < -0.3 is 0 Å². The Morgan fingerprint density at radius 2 is 0.660 bits per heavy atom. The number of benzene rings is 3. The summed E-state index contributed by atoms with van der Waals surface area (Å²) < 4.78 is 6.35. The third-order valence-electron chi connectivity index (χ3n) is 10.3. The fourth-order valence-corrected chi connectivity index (χ4v) is 6.90. The first-order chi connectivity index (χ1) is 23.6. The molecule has 50 heavy (non-hydrogen) atoms. The fraction of sp³-hybridized carbons (Fsp3) is 0.341. The topological polar surface area (TPSA) is 53.5 Å². The Kier molecular flexibility index (Phi) is 11.0. The minimum absolute atomic E-state index is 0.00694. The molecule has 0 bridgehead atoms. The summed E-state index contributed by atoms with van der Waals surface area (Å²) in [5.74, 6) is -0.931.